The van der Waals surface area contributed by atoms with Crippen LogP contribution in [0.1, 0.15) is 84.5 Å². The van der Waals surface area contributed by atoms with Gasteiger partial charge in [-0.3, -0.25) is 9.59 Å². The van der Waals surface area contributed by atoms with Crippen molar-refractivity contribution < 1.29 is 19.1 Å². The predicted octanol–water partition coefficient (Wildman–Crippen LogP) is 4.55. The molecule has 0 radical (unpaired) electrons. The van der Waals surface area contributed by atoms with Crippen molar-refractivity contribution in [2.45, 2.75) is 90.5 Å². The highest BCUT2D eigenvalue weighted by Crippen LogP contribution is 2.18. The molecule has 0 aromatic carbocycles. The van der Waals surface area contributed by atoms with Gasteiger partial charge in [-0.25, -0.2) is 4.79 Å². The fraction of sp³-hybridized carbons (Fsp3) is 0.708. The number of carbonyl (C=O) groups is 3. The molecule has 0 aromatic heterocycles. The van der Waals surface area contributed by atoms with E-state index in [0.717, 1.165) is 12.8 Å². The lowest BCUT2D eigenvalue weighted by Gasteiger charge is -2.22. The highest BCUT2D eigenvalue weighted by molar-refractivity contribution is 5.88. The van der Waals surface area contributed by atoms with Crippen molar-refractivity contribution in [3.8, 4) is 0 Å². The standard InChI is InChI=1S/C13H20N2O4.C6H12.C5H10/c1-3-4-7-11(16)14-9-12(17)15-8-5-6-10(15)13(18)19-2;1-2-4-6-5-3-1;1-3-5-4-2/h3,10H,1,4-9H2,2H3,(H,14,16);1-6H2;3,5H,4H2,1-2H3/b;;5-3-. The predicted molar refractivity (Wildman–Crippen MR) is 122 cm³/mol. The highest BCUT2D eigenvalue weighted by Gasteiger charge is 2.34. The van der Waals surface area contributed by atoms with Crippen molar-refractivity contribution >= 4 is 17.8 Å². The summed E-state index contributed by atoms with van der Waals surface area (Å²) in [5, 5.41) is 2.54. The van der Waals surface area contributed by atoms with Crippen LogP contribution in [-0.2, 0) is 19.1 Å². The Bertz CT molecular complexity index is 516. The maximum Gasteiger partial charge on any atom is 0.328 e. The first kappa shape index (κ1) is 27.9. The van der Waals surface area contributed by atoms with Crippen LogP contribution in [0.25, 0.3) is 0 Å². The van der Waals surface area contributed by atoms with Crippen molar-refractivity contribution in [2.75, 3.05) is 20.2 Å². The van der Waals surface area contributed by atoms with E-state index in [1.54, 1.807) is 6.08 Å². The van der Waals surface area contributed by atoms with Crippen molar-refractivity contribution in [3.63, 3.8) is 0 Å². The smallest absolute Gasteiger partial charge is 0.328 e. The molecule has 1 unspecified atom stereocenters. The van der Waals surface area contributed by atoms with Crippen LogP contribution in [-0.4, -0.2) is 48.9 Å². The van der Waals surface area contributed by atoms with Crippen LogP contribution in [0.4, 0.5) is 0 Å². The summed E-state index contributed by atoms with van der Waals surface area (Å²) in [6.07, 6.45) is 18.3. The lowest BCUT2D eigenvalue weighted by atomic mass is 10.0. The van der Waals surface area contributed by atoms with E-state index in [2.05, 4.69) is 35.7 Å². The second-order valence-electron chi connectivity index (χ2n) is 7.47. The van der Waals surface area contributed by atoms with E-state index in [-0.39, 0.29) is 18.4 Å². The van der Waals surface area contributed by atoms with E-state index in [9.17, 15) is 14.4 Å². The Balaban J connectivity index is 0.000000620. The van der Waals surface area contributed by atoms with Gasteiger partial charge in [0.1, 0.15) is 6.04 Å². The van der Waals surface area contributed by atoms with Gasteiger partial charge in [0.25, 0.3) is 0 Å². The molecule has 1 aliphatic heterocycles. The van der Waals surface area contributed by atoms with Gasteiger partial charge in [0.2, 0.25) is 11.8 Å². The van der Waals surface area contributed by atoms with Crippen LogP contribution in [0.2, 0.25) is 0 Å². The monoisotopic (exact) mass is 422 g/mol. The van der Waals surface area contributed by atoms with Gasteiger partial charge >= 0.3 is 5.97 Å². The van der Waals surface area contributed by atoms with Crippen LogP contribution < -0.4 is 5.32 Å². The number of ether oxygens (including phenoxy) is 1. The van der Waals surface area contributed by atoms with Gasteiger partial charge in [0, 0.05) is 13.0 Å². The summed E-state index contributed by atoms with van der Waals surface area (Å²) in [7, 11) is 1.31. The minimum Gasteiger partial charge on any atom is -0.467 e. The summed E-state index contributed by atoms with van der Waals surface area (Å²) in [5.41, 5.74) is 0. The van der Waals surface area contributed by atoms with Crippen LogP contribution in [0.3, 0.4) is 0 Å². The van der Waals surface area contributed by atoms with Gasteiger partial charge in [0.15, 0.2) is 0 Å². The summed E-state index contributed by atoms with van der Waals surface area (Å²) in [6, 6.07) is -0.512. The first-order valence-corrected chi connectivity index (χ1v) is 11.4. The van der Waals surface area contributed by atoms with Gasteiger partial charge in [0.05, 0.1) is 13.7 Å². The molecular weight excluding hydrogens is 380 g/mol. The minimum atomic E-state index is -0.512. The number of rotatable bonds is 7. The van der Waals surface area contributed by atoms with Crippen LogP contribution >= 0.6 is 0 Å². The maximum atomic E-state index is 11.9. The molecule has 30 heavy (non-hydrogen) atoms. The number of hydrogen-bond acceptors (Lipinski definition) is 4. The Kier molecular flexibility index (Phi) is 17.6. The van der Waals surface area contributed by atoms with Gasteiger partial charge in [-0.15, -0.1) is 6.58 Å². The molecular formula is C24H42N2O4. The minimum absolute atomic E-state index is 0.0799. The molecule has 172 valence electrons. The first-order chi connectivity index (χ1) is 14.5. The third kappa shape index (κ3) is 13.2. The molecule has 0 aromatic rings. The number of amides is 2. The third-order valence-electron chi connectivity index (χ3n) is 5.03. The number of hydrogen-bond donors (Lipinski definition) is 1. The molecule has 2 fully saturated rings. The van der Waals surface area contributed by atoms with E-state index < -0.39 is 12.0 Å². The lowest BCUT2D eigenvalue weighted by Crippen LogP contribution is -2.45. The Hall–Kier alpha value is -2.11. The molecule has 1 atom stereocenters. The lowest BCUT2D eigenvalue weighted by molar-refractivity contribution is -0.150. The van der Waals surface area contributed by atoms with Crippen molar-refractivity contribution in [1.82, 2.24) is 10.2 Å². The number of nitrogens with one attached hydrogen (secondary N) is 1. The first-order valence-electron chi connectivity index (χ1n) is 11.4. The van der Waals surface area contributed by atoms with Crippen LogP contribution in [0.15, 0.2) is 24.8 Å². The van der Waals surface area contributed by atoms with Crippen molar-refractivity contribution in [1.29, 1.82) is 0 Å². The molecule has 0 bridgehead atoms. The molecule has 1 aliphatic carbocycles. The summed E-state index contributed by atoms with van der Waals surface area (Å²) < 4.78 is 4.66. The zero-order valence-electron chi connectivity index (χ0n) is 19.3. The van der Waals surface area contributed by atoms with Gasteiger partial charge in [-0.2, -0.15) is 0 Å². The largest absolute Gasteiger partial charge is 0.467 e. The van der Waals surface area contributed by atoms with E-state index >= 15 is 0 Å². The molecule has 2 aliphatic rings. The van der Waals surface area contributed by atoms with E-state index in [1.807, 2.05) is 6.92 Å². The zero-order chi connectivity index (χ0) is 22.6. The average molecular weight is 423 g/mol. The molecule has 1 N–H and O–H groups in total. The fourth-order valence-corrected chi connectivity index (χ4v) is 3.34. The Morgan fingerprint density at radius 3 is 2.13 bits per heavy atom. The second kappa shape index (κ2) is 18.9. The molecule has 1 saturated carbocycles. The van der Waals surface area contributed by atoms with Crippen molar-refractivity contribution in [2.24, 2.45) is 0 Å². The molecule has 2 rings (SSSR count). The maximum absolute atomic E-state index is 11.9. The average Bonchev–Trinajstić information content (AvgIpc) is 3.28. The molecule has 6 heteroatoms. The fourth-order valence-electron chi connectivity index (χ4n) is 3.34. The Morgan fingerprint density at radius 1 is 1.10 bits per heavy atom. The second-order valence-corrected chi connectivity index (χ2v) is 7.47. The van der Waals surface area contributed by atoms with Gasteiger partial charge in [-0.05, 0) is 32.6 Å². The molecule has 0 spiro atoms. The van der Waals surface area contributed by atoms with Crippen LogP contribution in [0, 0.1) is 0 Å². The third-order valence-corrected chi connectivity index (χ3v) is 5.03. The van der Waals surface area contributed by atoms with Gasteiger partial charge in [-0.1, -0.05) is 63.7 Å². The number of allylic oxidation sites excluding steroid dienone is 3. The zero-order valence-corrected chi connectivity index (χ0v) is 19.3. The SMILES string of the molecule is C/C=C\CC.C1CCCCC1.C=CCCC(=O)NCC(=O)N1CCCC1C(=O)OC. The molecule has 1 saturated heterocycles. The summed E-state index contributed by atoms with van der Waals surface area (Å²) in [5.74, 6) is -0.842. The van der Waals surface area contributed by atoms with E-state index in [0.29, 0.717) is 25.8 Å². The van der Waals surface area contributed by atoms with Crippen molar-refractivity contribution in [3.05, 3.63) is 24.8 Å². The Morgan fingerprint density at radius 2 is 1.70 bits per heavy atom. The molecule has 1 heterocycles. The summed E-state index contributed by atoms with van der Waals surface area (Å²) in [4.78, 5) is 36.3. The number of methoxy groups -OCH3 is 1. The molecule has 6 nitrogen and oxygen atoms in total. The normalized spacial score (nSPS) is 17.8. The number of nitrogens with zero attached hydrogens (tertiary/aromatic N) is 1. The van der Waals surface area contributed by atoms with Gasteiger partial charge < -0.3 is 15.0 Å². The number of carbonyl (C=O) groups excluding carboxylic acids is 3. The quantitative estimate of drug-likeness (QED) is 0.482. The summed E-state index contributed by atoms with van der Waals surface area (Å²) >= 11 is 0. The van der Waals surface area contributed by atoms with E-state index in [4.69, 9.17) is 0 Å². The summed E-state index contributed by atoms with van der Waals surface area (Å²) in [6.45, 7) is 8.13. The Labute approximate surface area is 183 Å². The number of likely N-dealkylation sites (tertiary alicyclic amines) is 1. The topological polar surface area (TPSA) is 75.7 Å². The number of esters is 1. The van der Waals surface area contributed by atoms with E-state index in [1.165, 1.54) is 50.5 Å². The highest BCUT2D eigenvalue weighted by atomic mass is 16.5. The molecule has 2 amide bonds. The van der Waals surface area contributed by atoms with Crippen LogP contribution in [0.5, 0.6) is 0 Å².